The summed E-state index contributed by atoms with van der Waals surface area (Å²) in [6.07, 6.45) is 4.35. The van der Waals surface area contributed by atoms with Crippen molar-refractivity contribution < 1.29 is 0 Å². The van der Waals surface area contributed by atoms with Crippen molar-refractivity contribution in [1.29, 1.82) is 0 Å². The van der Waals surface area contributed by atoms with Crippen molar-refractivity contribution in [2.45, 2.75) is 66.8 Å². The van der Waals surface area contributed by atoms with Crippen molar-refractivity contribution in [1.82, 2.24) is 20.4 Å². The van der Waals surface area contributed by atoms with E-state index in [1.807, 2.05) is 11.7 Å². The van der Waals surface area contributed by atoms with Crippen LogP contribution >= 0.6 is 24.0 Å². The number of halogens is 1. The Morgan fingerprint density at radius 2 is 1.75 bits per heavy atom. The molecule has 1 aromatic rings. The molecule has 5 nitrogen and oxygen atoms in total. The molecular formula is C18H36IN5. The molecule has 0 radical (unpaired) electrons. The van der Waals surface area contributed by atoms with Gasteiger partial charge in [-0.1, -0.05) is 40.5 Å². The highest BCUT2D eigenvalue weighted by Gasteiger charge is 2.13. The fourth-order valence-electron chi connectivity index (χ4n) is 2.89. The normalized spacial score (nSPS) is 11.5. The maximum absolute atomic E-state index is 4.80. The second kappa shape index (κ2) is 12.6. The minimum atomic E-state index is 0. The van der Waals surface area contributed by atoms with E-state index in [2.05, 4.69) is 50.4 Å². The lowest BCUT2D eigenvalue weighted by Gasteiger charge is -2.16. The number of hydrogen-bond donors (Lipinski definition) is 2. The summed E-state index contributed by atoms with van der Waals surface area (Å²) in [5, 5.41) is 11.5. The van der Waals surface area contributed by atoms with E-state index in [-0.39, 0.29) is 24.0 Å². The van der Waals surface area contributed by atoms with Gasteiger partial charge in [0.05, 0.1) is 12.2 Å². The van der Waals surface area contributed by atoms with Crippen LogP contribution < -0.4 is 10.6 Å². The minimum absolute atomic E-state index is 0. The van der Waals surface area contributed by atoms with Gasteiger partial charge in [-0.2, -0.15) is 5.10 Å². The van der Waals surface area contributed by atoms with E-state index in [4.69, 9.17) is 4.99 Å². The number of aromatic nitrogens is 2. The monoisotopic (exact) mass is 449 g/mol. The predicted octanol–water partition coefficient (Wildman–Crippen LogP) is 3.65. The highest BCUT2D eigenvalue weighted by molar-refractivity contribution is 14.0. The first kappa shape index (κ1) is 23.2. The zero-order valence-electron chi connectivity index (χ0n) is 16.3. The second-order valence-corrected chi connectivity index (χ2v) is 5.96. The molecule has 140 valence electrons. The smallest absolute Gasteiger partial charge is 0.191 e. The number of guanidine groups is 1. The number of rotatable bonds is 9. The van der Waals surface area contributed by atoms with Crippen LogP contribution in [-0.2, 0) is 26.4 Å². The van der Waals surface area contributed by atoms with Gasteiger partial charge in [0.2, 0.25) is 0 Å². The van der Waals surface area contributed by atoms with Gasteiger partial charge in [0.25, 0.3) is 0 Å². The Balaban J connectivity index is 0.00000529. The van der Waals surface area contributed by atoms with Crippen molar-refractivity contribution in [3.8, 4) is 0 Å². The number of aryl methyl sites for hydroxylation is 2. The summed E-state index contributed by atoms with van der Waals surface area (Å²) in [5.74, 6) is 1.61. The van der Waals surface area contributed by atoms with Gasteiger partial charge in [-0.3, -0.25) is 4.68 Å². The third kappa shape index (κ3) is 6.61. The molecule has 0 aliphatic heterocycles. The van der Waals surface area contributed by atoms with Crippen LogP contribution in [0.1, 0.15) is 64.4 Å². The number of aliphatic imine (C=N–C) groups is 1. The lowest BCUT2D eigenvalue weighted by atomic mass is 10.0. The van der Waals surface area contributed by atoms with E-state index in [9.17, 15) is 0 Å². The van der Waals surface area contributed by atoms with Crippen molar-refractivity contribution in [2.75, 3.05) is 13.1 Å². The van der Waals surface area contributed by atoms with Gasteiger partial charge in [-0.05, 0) is 25.7 Å². The van der Waals surface area contributed by atoms with Gasteiger partial charge in [-0.15, -0.1) is 24.0 Å². The predicted molar refractivity (Wildman–Crippen MR) is 114 cm³/mol. The van der Waals surface area contributed by atoms with E-state index in [1.165, 1.54) is 29.8 Å². The van der Waals surface area contributed by atoms with Crippen LogP contribution in [0.2, 0.25) is 0 Å². The molecule has 0 bridgehead atoms. The fraction of sp³-hybridized carbons (Fsp3) is 0.778. The number of hydrogen-bond acceptors (Lipinski definition) is 2. The highest BCUT2D eigenvalue weighted by Crippen LogP contribution is 2.16. The summed E-state index contributed by atoms with van der Waals surface area (Å²) >= 11 is 0. The van der Waals surface area contributed by atoms with Crippen molar-refractivity contribution in [3.63, 3.8) is 0 Å². The van der Waals surface area contributed by atoms with Crippen LogP contribution in [0.5, 0.6) is 0 Å². The highest BCUT2D eigenvalue weighted by atomic mass is 127. The van der Waals surface area contributed by atoms with Crippen LogP contribution in [0, 0.1) is 5.92 Å². The standard InChI is InChI=1S/C18H35N5.HI/c1-7-14(8-2)12-20-18(19-11-5)21-13-15-16(9-3)22-23(6)17(15)10-4;/h14H,7-13H2,1-6H3,(H2,19,20,21);1H. The molecule has 2 N–H and O–H groups in total. The molecule has 1 aromatic heterocycles. The van der Waals surface area contributed by atoms with E-state index in [1.54, 1.807) is 0 Å². The minimum Gasteiger partial charge on any atom is -0.357 e. The fourth-order valence-corrected chi connectivity index (χ4v) is 2.89. The Morgan fingerprint density at radius 1 is 1.08 bits per heavy atom. The lowest BCUT2D eigenvalue weighted by Crippen LogP contribution is -2.39. The van der Waals surface area contributed by atoms with Crippen molar-refractivity contribution >= 4 is 29.9 Å². The second-order valence-electron chi connectivity index (χ2n) is 5.96. The number of nitrogens with zero attached hydrogens (tertiary/aromatic N) is 3. The summed E-state index contributed by atoms with van der Waals surface area (Å²) in [7, 11) is 2.03. The SMILES string of the molecule is CCNC(=NCc1c(CC)nn(C)c1CC)NCC(CC)CC.I. The van der Waals surface area contributed by atoms with Gasteiger partial charge < -0.3 is 10.6 Å². The molecule has 0 saturated carbocycles. The Labute approximate surface area is 165 Å². The first-order chi connectivity index (χ1) is 11.1. The molecule has 6 heteroatoms. The molecule has 0 saturated heterocycles. The first-order valence-corrected chi connectivity index (χ1v) is 9.16. The average Bonchev–Trinajstić information content (AvgIpc) is 2.88. The van der Waals surface area contributed by atoms with Crippen LogP contribution in [0.3, 0.4) is 0 Å². The van der Waals surface area contributed by atoms with Gasteiger partial charge in [0.15, 0.2) is 5.96 Å². The third-order valence-corrected chi connectivity index (χ3v) is 4.48. The van der Waals surface area contributed by atoms with Crippen LogP contribution in [0.4, 0.5) is 0 Å². The van der Waals surface area contributed by atoms with Crippen molar-refractivity contribution in [2.24, 2.45) is 18.0 Å². The van der Waals surface area contributed by atoms with Gasteiger partial charge in [-0.25, -0.2) is 4.99 Å². The third-order valence-electron chi connectivity index (χ3n) is 4.48. The Kier molecular flexibility index (Phi) is 12.1. The van der Waals surface area contributed by atoms with Crippen LogP contribution in [0.15, 0.2) is 4.99 Å². The van der Waals surface area contributed by atoms with Gasteiger partial charge in [0, 0.05) is 31.4 Å². The maximum Gasteiger partial charge on any atom is 0.191 e. The largest absolute Gasteiger partial charge is 0.357 e. The zero-order chi connectivity index (χ0) is 17.2. The lowest BCUT2D eigenvalue weighted by molar-refractivity contribution is 0.481. The summed E-state index contributed by atoms with van der Waals surface area (Å²) in [4.78, 5) is 4.80. The first-order valence-electron chi connectivity index (χ1n) is 9.16. The molecule has 0 spiro atoms. The molecule has 0 amide bonds. The van der Waals surface area contributed by atoms with Crippen LogP contribution in [0.25, 0.3) is 0 Å². The van der Waals surface area contributed by atoms with E-state index in [0.29, 0.717) is 12.5 Å². The molecule has 0 atom stereocenters. The Bertz CT molecular complexity index is 492. The van der Waals surface area contributed by atoms with Crippen molar-refractivity contribution in [3.05, 3.63) is 17.0 Å². The van der Waals surface area contributed by atoms with Gasteiger partial charge in [0.1, 0.15) is 0 Å². The summed E-state index contributed by atoms with van der Waals surface area (Å²) < 4.78 is 2.01. The Hall–Kier alpha value is -0.790. The zero-order valence-corrected chi connectivity index (χ0v) is 18.6. The average molecular weight is 449 g/mol. The molecule has 1 heterocycles. The van der Waals surface area contributed by atoms with E-state index in [0.717, 1.165) is 31.9 Å². The van der Waals surface area contributed by atoms with Gasteiger partial charge >= 0.3 is 0 Å². The van der Waals surface area contributed by atoms with E-state index < -0.39 is 0 Å². The Morgan fingerprint density at radius 3 is 2.25 bits per heavy atom. The molecular weight excluding hydrogens is 413 g/mol. The molecule has 0 aliphatic rings. The molecule has 0 aliphatic carbocycles. The number of nitrogens with one attached hydrogen (secondary N) is 2. The topological polar surface area (TPSA) is 54.2 Å². The molecule has 1 rings (SSSR count). The van der Waals surface area contributed by atoms with Crippen LogP contribution in [-0.4, -0.2) is 28.8 Å². The molecule has 0 fully saturated rings. The molecule has 0 aromatic carbocycles. The maximum atomic E-state index is 4.80. The summed E-state index contributed by atoms with van der Waals surface area (Å²) in [5.41, 5.74) is 3.75. The summed E-state index contributed by atoms with van der Waals surface area (Å²) in [6, 6.07) is 0. The van der Waals surface area contributed by atoms with E-state index >= 15 is 0 Å². The molecule has 0 unspecified atom stereocenters. The summed E-state index contributed by atoms with van der Waals surface area (Å²) in [6.45, 7) is 13.5. The molecule has 24 heavy (non-hydrogen) atoms. The quantitative estimate of drug-likeness (QED) is 0.344.